The SMILES string of the molecule is N#Cc1cnc2[nH]cc(C(=O)c3ccc(Oc4ccccc4)cc3Cl)c2c1N. The predicted octanol–water partition coefficient (Wildman–Crippen LogP) is 4.69. The van der Waals surface area contributed by atoms with E-state index in [0.717, 1.165) is 0 Å². The molecule has 0 unspecified atom stereocenters. The van der Waals surface area contributed by atoms with Gasteiger partial charge in [0.1, 0.15) is 23.2 Å². The summed E-state index contributed by atoms with van der Waals surface area (Å²) in [5.74, 6) is 0.850. The van der Waals surface area contributed by atoms with Gasteiger partial charge in [0.15, 0.2) is 5.78 Å². The minimum atomic E-state index is -0.328. The monoisotopic (exact) mass is 388 g/mol. The third kappa shape index (κ3) is 3.04. The van der Waals surface area contributed by atoms with E-state index < -0.39 is 0 Å². The molecule has 2 aromatic carbocycles. The maximum absolute atomic E-state index is 13.1. The topological polar surface area (TPSA) is 105 Å². The van der Waals surface area contributed by atoms with E-state index in [9.17, 15) is 4.79 Å². The third-order valence-electron chi connectivity index (χ3n) is 4.27. The van der Waals surface area contributed by atoms with E-state index in [4.69, 9.17) is 27.3 Å². The quantitative estimate of drug-likeness (QED) is 0.493. The number of hydrogen-bond acceptors (Lipinski definition) is 5. The van der Waals surface area contributed by atoms with Gasteiger partial charge in [-0.15, -0.1) is 0 Å². The Hall–Kier alpha value is -3.82. The fourth-order valence-electron chi connectivity index (χ4n) is 2.90. The van der Waals surface area contributed by atoms with E-state index in [2.05, 4.69) is 9.97 Å². The standard InChI is InChI=1S/C21H13ClN4O2/c22-17-8-14(28-13-4-2-1-3-5-13)6-7-15(17)20(27)16-11-26-21-18(16)19(24)12(9-23)10-25-21/h1-8,10-11H,(H3,24,25,26). The van der Waals surface area contributed by atoms with Gasteiger partial charge < -0.3 is 15.5 Å². The van der Waals surface area contributed by atoms with Crippen molar-refractivity contribution < 1.29 is 9.53 Å². The van der Waals surface area contributed by atoms with Crippen LogP contribution >= 0.6 is 11.6 Å². The van der Waals surface area contributed by atoms with Crippen molar-refractivity contribution in [2.24, 2.45) is 0 Å². The van der Waals surface area contributed by atoms with Gasteiger partial charge in [-0.2, -0.15) is 5.26 Å². The predicted molar refractivity (Wildman–Crippen MR) is 107 cm³/mol. The van der Waals surface area contributed by atoms with Gasteiger partial charge in [-0.25, -0.2) is 4.98 Å². The van der Waals surface area contributed by atoms with Crippen molar-refractivity contribution in [2.75, 3.05) is 5.73 Å². The van der Waals surface area contributed by atoms with Crippen LogP contribution in [0.1, 0.15) is 21.5 Å². The molecule has 4 aromatic rings. The van der Waals surface area contributed by atoms with Gasteiger partial charge in [0, 0.05) is 24.0 Å². The second-order valence-corrected chi connectivity index (χ2v) is 6.42. The van der Waals surface area contributed by atoms with Crippen molar-refractivity contribution in [2.45, 2.75) is 0 Å². The molecule has 4 rings (SSSR count). The van der Waals surface area contributed by atoms with Crippen molar-refractivity contribution in [1.82, 2.24) is 9.97 Å². The Balaban J connectivity index is 1.71. The molecule has 2 heterocycles. The highest BCUT2D eigenvalue weighted by Crippen LogP contribution is 2.31. The lowest BCUT2D eigenvalue weighted by molar-refractivity contribution is 0.104. The van der Waals surface area contributed by atoms with Crippen molar-refractivity contribution in [1.29, 1.82) is 5.26 Å². The lowest BCUT2D eigenvalue weighted by Gasteiger charge is -2.09. The molecule has 0 spiro atoms. The number of ether oxygens (including phenoxy) is 1. The van der Waals surface area contributed by atoms with Gasteiger partial charge >= 0.3 is 0 Å². The number of nitrogens with two attached hydrogens (primary N) is 1. The fourth-order valence-corrected chi connectivity index (χ4v) is 3.16. The van der Waals surface area contributed by atoms with Crippen molar-refractivity contribution in [3.8, 4) is 17.6 Å². The maximum atomic E-state index is 13.1. The number of carbonyl (C=O) groups excluding carboxylic acids is 1. The molecule has 136 valence electrons. The van der Waals surface area contributed by atoms with Gasteiger partial charge in [-0.3, -0.25) is 4.79 Å². The van der Waals surface area contributed by atoms with Crippen molar-refractivity contribution >= 4 is 34.1 Å². The van der Waals surface area contributed by atoms with E-state index >= 15 is 0 Å². The molecular weight excluding hydrogens is 376 g/mol. The van der Waals surface area contributed by atoms with Crippen LogP contribution in [-0.2, 0) is 0 Å². The molecule has 0 saturated carbocycles. The maximum Gasteiger partial charge on any atom is 0.196 e. The fraction of sp³-hybridized carbons (Fsp3) is 0. The number of pyridine rings is 1. The van der Waals surface area contributed by atoms with Gasteiger partial charge in [0.2, 0.25) is 0 Å². The molecule has 7 heteroatoms. The first-order chi connectivity index (χ1) is 13.6. The second-order valence-electron chi connectivity index (χ2n) is 6.01. The number of nitriles is 1. The molecule has 3 N–H and O–H groups in total. The van der Waals surface area contributed by atoms with Crippen molar-refractivity contribution in [3.05, 3.63) is 82.6 Å². The van der Waals surface area contributed by atoms with E-state index in [-0.39, 0.29) is 22.1 Å². The van der Waals surface area contributed by atoms with E-state index in [0.29, 0.717) is 33.7 Å². The van der Waals surface area contributed by atoms with Crippen LogP contribution in [0.15, 0.2) is 60.9 Å². The Morgan fingerprint density at radius 2 is 1.93 bits per heavy atom. The number of para-hydroxylation sites is 1. The highest BCUT2D eigenvalue weighted by molar-refractivity contribution is 6.35. The summed E-state index contributed by atoms with van der Waals surface area (Å²) in [6.45, 7) is 0. The van der Waals surface area contributed by atoms with Crippen LogP contribution < -0.4 is 10.5 Å². The lowest BCUT2D eigenvalue weighted by atomic mass is 10.0. The number of nitrogens with one attached hydrogen (secondary N) is 1. The molecule has 0 amide bonds. The summed E-state index contributed by atoms with van der Waals surface area (Å²) in [5, 5.41) is 9.81. The second kappa shape index (κ2) is 7.06. The molecule has 0 atom stereocenters. The number of rotatable bonds is 4. The van der Waals surface area contributed by atoms with Gasteiger partial charge in [0.05, 0.1) is 27.2 Å². The molecule has 0 fully saturated rings. The number of aromatic amines is 1. The molecule has 2 aromatic heterocycles. The molecule has 0 bridgehead atoms. The third-order valence-corrected chi connectivity index (χ3v) is 4.58. The van der Waals surface area contributed by atoms with Crippen LogP contribution in [0.3, 0.4) is 0 Å². The highest BCUT2D eigenvalue weighted by Gasteiger charge is 2.21. The highest BCUT2D eigenvalue weighted by atomic mass is 35.5. The zero-order chi connectivity index (χ0) is 19.7. The Labute approximate surface area is 165 Å². The van der Waals surface area contributed by atoms with Crippen LogP contribution in [0.4, 0.5) is 5.69 Å². The number of aromatic nitrogens is 2. The summed E-state index contributed by atoms with van der Waals surface area (Å²) >= 11 is 6.35. The van der Waals surface area contributed by atoms with E-state index in [1.54, 1.807) is 18.2 Å². The van der Waals surface area contributed by atoms with E-state index in [1.807, 2.05) is 36.4 Å². The summed E-state index contributed by atoms with van der Waals surface area (Å²) in [4.78, 5) is 20.1. The zero-order valence-electron chi connectivity index (χ0n) is 14.4. The number of nitrogen functional groups attached to an aromatic ring is 1. The summed E-state index contributed by atoms with van der Waals surface area (Å²) in [5.41, 5.74) is 7.49. The first kappa shape index (κ1) is 17.6. The first-order valence-corrected chi connectivity index (χ1v) is 8.69. The largest absolute Gasteiger partial charge is 0.457 e. The van der Waals surface area contributed by atoms with E-state index in [1.165, 1.54) is 12.4 Å². The number of hydrogen-bond donors (Lipinski definition) is 2. The lowest BCUT2D eigenvalue weighted by Crippen LogP contribution is -2.03. The molecule has 0 aliphatic heterocycles. The average Bonchev–Trinajstić information content (AvgIpc) is 3.14. The Morgan fingerprint density at radius 1 is 1.14 bits per heavy atom. The molecule has 28 heavy (non-hydrogen) atoms. The van der Waals surface area contributed by atoms with Gasteiger partial charge in [-0.1, -0.05) is 29.8 Å². The number of benzene rings is 2. The summed E-state index contributed by atoms with van der Waals surface area (Å²) in [6, 6.07) is 16.1. The normalized spacial score (nSPS) is 10.6. The molecule has 0 aliphatic rings. The number of halogens is 1. The molecule has 0 aliphatic carbocycles. The number of anilines is 1. The number of H-pyrrole nitrogens is 1. The Morgan fingerprint density at radius 3 is 2.64 bits per heavy atom. The molecule has 6 nitrogen and oxygen atoms in total. The number of fused-ring (bicyclic) bond motifs is 1. The molecule has 0 radical (unpaired) electrons. The van der Waals surface area contributed by atoms with Gasteiger partial charge in [0.25, 0.3) is 0 Å². The Kier molecular flexibility index (Phi) is 4.44. The number of carbonyl (C=O) groups is 1. The summed E-state index contributed by atoms with van der Waals surface area (Å²) in [7, 11) is 0. The van der Waals surface area contributed by atoms with Gasteiger partial charge in [-0.05, 0) is 24.3 Å². The minimum absolute atomic E-state index is 0.206. The molecular formula is C21H13ClN4O2. The van der Waals surface area contributed by atoms with Crippen LogP contribution in [-0.4, -0.2) is 15.8 Å². The number of nitrogens with zero attached hydrogens (tertiary/aromatic N) is 2. The smallest absolute Gasteiger partial charge is 0.196 e. The first-order valence-electron chi connectivity index (χ1n) is 8.31. The summed E-state index contributed by atoms with van der Waals surface area (Å²) in [6.07, 6.45) is 2.88. The van der Waals surface area contributed by atoms with Crippen LogP contribution in [0, 0.1) is 11.3 Å². The zero-order valence-corrected chi connectivity index (χ0v) is 15.2. The van der Waals surface area contributed by atoms with Crippen LogP contribution in [0.2, 0.25) is 5.02 Å². The minimum Gasteiger partial charge on any atom is -0.457 e. The summed E-state index contributed by atoms with van der Waals surface area (Å²) < 4.78 is 5.74. The number of ketones is 1. The average molecular weight is 389 g/mol. The van der Waals surface area contributed by atoms with Crippen LogP contribution in [0.25, 0.3) is 11.0 Å². The molecule has 0 saturated heterocycles. The Bertz CT molecular complexity index is 1240. The van der Waals surface area contributed by atoms with Crippen molar-refractivity contribution in [3.63, 3.8) is 0 Å². The van der Waals surface area contributed by atoms with Crippen LogP contribution in [0.5, 0.6) is 11.5 Å².